The number of halogens is 1. The van der Waals surface area contributed by atoms with Gasteiger partial charge in [-0.05, 0) is 48.5 Å². The average molecular weight is 450 g/mol. The zero-order valence-electron chi connectivity index (χ0n) is 16.9. The van der Waals surface area contributed by atoms with Crippen LogP contribution in [0.2, 0.25) is 0 Å². The number of anilines is 1. The number of hydrogen-bond acceptors (Lipinski definition) is 4. The van der Waals surface area contributed by atoms with Crippen molar-refractivity contribution in [3.63, 3.8) is 0 Å². The number of nitrogens with two attached hydrogens (primary N) is 1. The summed E-state index contributed by atoms with van der Waals surface area (Å²) in [7, 11) is 0. The number of carbonyl (C=O) groups is 3. The first-order chi connectivity index (χ1) is 15.4. The van der Waals surface area contributed by atoms with Crippen molar-refractivity contribution in [2.75, 3.05) is 11.1 Å². The molecule has 6 nitrogen and oxygen atoms in total. The maximum atomic E-state index is 14.2. The summed E-state index contributed by atoms with van der Waals surface area (Å²) < 4.78 is 14.2. The van der Waals surface area contributed by atoms with E-state index in [0.717, 1.165) is 4.90 Å². The Bertz CT molecular complexity index is 1150. The Morgan fingerprint density at radius 2 is 1.56 bits per heavy atom. The third-order valence-corrected chi connectivity index (χ3v) is 5.26. The van der Waals surface area contributed by atoms with Crippen LogP contribution >= 0.6 is 11.8 Å². The van der Waals surface area contributed by atoms with E-state index in [-0.39, 0.29) is 17.0 Å². The summed E-state index contributed by atoms with van der Waals surface area (Å²) in [6, 6.07) is 21.1. The third kappa shape index (κ3) is 6.55. The monoisotopic (exact) mass is 449 g/mol. The van der Waals surface area contributed by atoms with E-state index in [1.807, 2.05) is 0 Å². The Balaban J connectivity index is 1.81. The predicted octanol–water partition coefficient (Wildman–Crippen LogP) is 3.81. The lowest BCUT2D eigenvalue weighted by atomic mass is 10.1. The summed E-state index contributed by atoms with van der Waals surface area (Å²) in [5.74, 6) is -1.92. The molecule has 0 aliphatic heterocycles. The minimum Gasteiger partial charge on any atom is -0.369 e. The van der Waals surface area contributed by atoms with Crippen LogP contribution in [0.1, 0.15) is 15.9 Å². The molecule has 0 saturated heterocycles. The molecule has 32 heavy (non-hydrogen) atoms. The molecule has 4 N–H and O–H groups in total. The quantitative estimate of drug-likeness (QED) is 0.360. The van der Waals surface area contributed by atoms with Gasteiger partial charge >= 0.3 is 0 Å². The molecule has 0 aliphatic rings. The topological polar surface area (TPSA) is 101 Å². The highest BCUT2D eigenvalue weighted by molar-refractivity contribution is 8.00. The van der Waals surface area contributed by atoms with Gasteiger partial charge in [0.15, 0.2) is 0 Å². The standard InChI is InChI=1S/C24H20FN3O3S/c25-20-9-5-4-8-17(20)14-21(28-23(30)16-6-2-1-3-7-16)24(31)27-18-10-12-19(13-11-18)32-15-22(26)29/h1-14H,15H2,(H2,26,29)(H,27,31)(H,28,30)/b21-14-. The van der Waals surface area contributed by atoms with E-state index in [4.69, 9.17) is 5.73 Å². The zero-order chi connectivity index (χ0) is 22.9. The summed E-state index contributed by atoms with van der Waals surface area (Å²) in [5, 5.41) is 5.25. The van der Waals surface area contributed by atoms with Gasteiger partial charge in [-0.1, -0.05) is 36.4 Å². The molecule has 0 atom stereocenters. The normalized spacial score (nSPS) is 11.0. The van der Waals surface area contributed by atoms with Crippen molar-refractivity contribution < 1.29 is 18.8 Å². The smallest absolute Gasteiger partial charge is 0.272 e. The summed E-state index contributed by atoms with van der Waals surface area (Å²) >= 11 is 1.27. The average Bonchev–Trinajstić information content (AvgIpc) is 2.80. The number of amides is 3. The molecule has 162 valence electrons. The Labute approximate surface area is 188 Å². The molecule has 0 unspecified atom stereocenters. The highest BCUT2D eigenvalue weighted by Crippen LogP contribution is 2.20. The predicted molar refractivity (Wildman–Crippen MR) is 123 cm³/mol. The van der Waals surface area contributed by atoms with Gasteiger partial charge < -0.3 is 16.4 Å². The Morgan fingerprint density at radius 3 is 2.22 bits per heavy atom. The number of carbonyl (C=O) groups excluding carboxylic acids is 3. The van der Waals surface area contributed by atoms with Crippen LogP contribution in [0.25, 0.3) is 6.08 Å². The van der Waals surface area contributed by atoms with Crippen molar-refractivity contribution in [3.8, 4) is 0 Å². The Kier molecular flexibility index (Phi) is 7.77. The van der Waals surface area contributed by atoms with E-state index in [1.54, 1.807) is 60.7 Å². The van der Waals surface area contributed by atoms with Gasteiger partial charge in [0.05, 0.1) is 5.75 Å². The summed E-state index contributed by atoms with van der Waals surface area (Å²) in [5.41, 5.74) is 6.00. The van der Waals surface area contributed by atoms with Gasteiger partial charge in [0, 0.05) is 21.7 Å². The number of primary amides is 1. The Morgan fingerprint density at radius 1 is 0.906 bits per heavy atom. The van der Waals surface area contributed by atoms with Gasteiger partial charge in [-0.3, -0.25) is 14.4 Å². The highest BCUT2D eigenvalue weighted by Gasteiger charge is 2.16. The second kappa shape index (κ2) is 10.9. The minimum absolute atomic E-state index is 0.115. The van der Waals surface area contributed by atoms with E-state index >= 15 is 0 Å². The molecular weight excluding hydrogens is 429 g/mol. The van der Waals surface area contributed by atoms with Crippen LogP contribution < -0.4 is 16.4 Å². The number of nitrogens with one attached hydrogen (secondary N) is 2. The summed E-state index contributed by atoms with van der Waals surface area (Å²) in [4.78, 5) is 37.2. The van der Waals surface area contributed by atoms with Crippen molar-refractivity contribution in [2.45, 2.75) is 4.90 Å². The van der Waals surface area contributed by atoms with Gasteiger partial charge in [-0.15, -0.1) is 11.8 Å². The van der Waals surface area contributed by atoms with E-state index in [9.17, 15) is 18.8 Å². The summed E-state index contributed by atoms with van der Waals surface area (Å²) in [6.07, 6.45) is 1.28. The maximum Gasteiger partial charge on any atom is 0.272 e. The van der Waals surface area contributed by atoms with Crippen molar-refractivity contribution in [2.24, 2.45) is 5.73 Å². The van der Waals surface area contributed by atoms with E-state index in [0.29, 0.717) is 11.3 Å². The second-order valence-electron chi connectivity index (χ2n) is 6.63. The third-order valence-electron chi connectivity index (χ3n) is 4.23. The lowest BCUT2D eigenvalue weighted by molar-refractivity contribution is -0.115. The Hall–Kier alpha value is -3.91. The van der Waals surface area contributed by atoms with Crippen molar-refractivity contribution in [1.29, 1.82) is 0 Å². The largest absolute Gasteiger partial charge is 0.369 e. The summed E-state index contributed by atoms with van der Waals surface area (Å²) in [6.45, 7) is 0. The molecule has 0 heterocycles. The van der Waals surface area contributed by atoms with Gasteiger partial charge in [-0.25, -0.2) is 4.39 Å². The van der Waals surface area contributed by atoms with Crippen molar-refractivity contribution in [1.82, 2.24) is 5.32 Å². The number of benzene rings is 3. The fourth-order valence-corrected chi connectivity index (χ4v) is 3.31. The van der Waals surface area contributed by atoms with Crippen LogP contribution in [0.15, 0.2) is 89.5 Å². The number of thioether (sulfide) groups is 1. The molecule has 0 aromatic heterocycles. The van der Waals surface area contributed by atoms with Gasteiger partial charge in [-0.2, -0.15) is 0 Å². The molecule has 3 amide bonds. The van der Waals surface area contributed by atoms with E-state index in [2.05, 4.69) is 10.6 Å². The van der Waals surface area contributed by atoms with Crippen molar-refractivity contribution in [3.05, 3.63) is 102 Å². The lowest BCUT2D eigenvalue weighted by Crippen LogP contribution is -2.30. The highest BCUT2D eigenvalue weighted by atomic mass is 32.2. The second-order valence-corrected chi connectivity index (χ2v) is 7.68. The molecule has 0 spiro atoms. The zero-order valence-corrected chi connectivity index (χ0v) is 17.7. The SMILES string of the molecule is NC(=O)CSc1ccc(NC(=O)/C(=C/c2ccccc2F)NC(=O)c2ccccc2)cc1. The van der Waals surface area contributed by atoms with Crippen LogP contribution in [0.4, 0.5) is 10.1 Å². The van der Waals surface area contributed by atoms with E-state index in [1.165, 1.54) is 36.0 Å². The molecule has 3 aromatic carbocycles. The molecule has 0 radical (unpaired) electrons. The number of hydrogen-bond donors (Lipinski definition) is 3. The van der Waals surface area contributed by atoms with Gasteiger partial charge in [0.1, 0.15) is 11.5 Å². The molecule has 0 fully saturated rings. The lowest BCUT2D eigenvalue weighted by Gasteiger charge is -2.12. The molecule has 0 aliphatic carbocycles. The van der Waals surface area contributed by atoms with Crippen LogP contribution in [0.3, 0.4) is 0 Å². The number of rotatable bonds is 8. The maximum absolute atomic E-state index is 14.2. The van der Waals surface area contributed by atoms with Gasteiger partial charge in [0.2, 0.25) is 5.91 Å². The molecule has 0 saturated carbocycles. The first-order valence-corrected chi connectivity index (χ1v) is 10.6. The molecule has 3 rings (SSSR count). The molecule has 8 heteroatoms. The van der Waals surface area contributed by atoms with E-state index < -0.39 is 23.5 Å². The fraction of sp³-hybridized carbons (Fsp3) is 0.0417. The molecule has 3 aromatic rings. The minimum atomic E-state index is -0.616. The fourth-order valence-electron chi connectivity index (χ4n) is 2.68. The van der Waals surface area contributed by atoms with Gasteiger partial charge in [0.25, 0.3) is 11.8 Å². The first-order valence-electron chi connectivity index (χ1n) is 9.57. The first kappa shape index (κ1) is 22.8. The van der Waals surface area contributed by atoms with Crippen LogP contribution in [-0.4, -0.2) is 23.5 Å². The van der Waals surface area contributed by atoms with Crippen molar-refractivity contribution >= 4 is 41.2 Å². The van der Waals surface area contributed by atoms with Crippen LogP contribution in [-0.2, 0) is 9.59 Å². The molecular formula is C24H20FN3O3S. The van der Waals surface area contributed by atoms with Crippen LogP contribution in [0.5, 0.6) is 0 Å². The molecule has 0 bridgehead atoms. The van der Waals surface area contributed by atoms with Crippen LogP contribution in [0, 0.1) is 5.82 Å².